The molecule has 100 valence electrons. The highest BCUT2D eigenvalue weighted by atomic mass is 16.5. The molecule has 1 aromatic rings. The Morgan fingerprint density at radius 2 is 2.37 bits per heavy atom. The number of carbonyl (C=O) groups excluding carboxylic acids is 2. The van der Waals surface area contributed by atoms with Gasteiger partial charge in [0.05, 0.1) is 5.56 Å². The topological polar surface area (TPSA) is 58.6 Å². The summed E-state index contributed by atoms with van der Waals surface area (Å²) >= 11 is 0. The van der Waals surface area contributed by atoms with Gasteiger partial charge in [-0.15, -0.1) is 0 Å². The molecular weight excluding hydrogens is 244 g/mol. The highest BCUT2D eigenvalue weighted by Gasteiger charge is 2.23. The van der Waals surface area contributed by atoms with Crippen molar-refractivity contribution < 1.29 is 14.3 Å². The van der Waals surface area contributed by atoms with Gasteiger partial charge in [-0.25, -0.2) is 9.59 Å². The van der Waals surface area contributed by atoms with Crippen LogP contribution in [0.15, 0.2) is 30.9 Å². The molecule has 0 radical (unpaired) electrons. The molecule has 5 nitrogen and oxygen atoms in total. The van der Waals surface area contributed by atoms with Crippen LogP contribution in [0.25, 0.3) is 0 Å². The Labute approximate surface area is 111 Å². The Morgan fingerprint density at radius 3 is 2.95 bits per heavy atom. The molecule has 1 N–H and O–H groups in total. The van der Waals surface area contributed by atoms with Gasteiger partial charge < -0.3 is 10.1 Å². The molecule has 1 aliphatic rings. The number of esters is 1. The van der Waals surface area contributed by atoms with Crippen molar-refractivity contribution in [2.45, 2.75) is 6.92 Å². The minimum Gasteiger partial charge on any atom is -0.458 e. The lowest BCUT2D eigenvalue weighted by Crippen LogP contribution is -2.28. The van der Waals surface area contributed by atoms with Gasteiger partial charge in [-0.3, -0.25) is 4.90 Å². The van der Waals surface area contributed by atoms with Crippen LogP contribution in [0.3, 0.4) is 0 Å². The van der Waals surface area contributed by atoms with Gasteiger partial charge >= 0.3 is 12.0 Å². The third-order valence-corrected chi connectivity index (χ3v) is 2.91. The van der Waals surface area contributed by atoms with Crippen LogP contribution in [0.2, 0.25) is 0 Å². The van der Waals surface area contributed by atoms with Gasteiger partial charge in [-0.2, -0.15) is 0 Å². The molecule has 1 heterocycles. The van der Waals surface area contributed by atoms with Crippen LogP contribution in [0.4, 0.5) is 10.5 Å². The quantitative estimate of drug-likeness (QED) is 0.664. The zero-order valence-corrected chi connectivity index (χ0v) is 10.8. The number of ether oxygens (including phenoxy) is 1. The fraction of sp³-hybridized carbons (Fsp3) is 0.286. The van der Waals surface area contributed by atoms with Crippen molar-refractivity contribution >= 4 is 17.7 Å². The summed E-state index contributed by atoms with van der Waals surface area (Å²) in [5.74, 6) is -0.388. The third kappa shape index (κ3) is 2.76. The van der Waals surface area contributed by atoms with Crippen LogP contribution < -0.4 is 10.2 Å². The van der Waals surface area contributed by atoms with Crippen LogP contribution in [0, 0.1) is 6.92 Å². The lowest BCUT2D eigenvalue weighted by Gasteiger charge is -2.17. The molecule has 0 aromatic heterocycles. The Morgan fingerprint density at radius 1 is 1.58 bits per heavy atom. The number of amides is 2. The van der Waals surface area contributed by atoms with E-state index in [1.165, 1.54) is 6.08 Å². The number of carbonyl (C=O) groups is 2. The molecule has 0 bridgehead atoms. The van der Waals surface area contributed by atoms with Gasteiger partial charge in [-0.05, 0) is 30.7 Å². The van der Waals surface area contributed by atoms with Crippen LogP contribution >= 0.6 is 0 Å². The first kappa shape index (κ1) is 13.1. The number of nitrogens with one attached hydrogen (secondary N) is 1. The normalized spacial score (nSPS) is 14.2. The molecule has 1 aromatic carbocycles. The monoisotopic (exact) mass is 260 g/mol. The maximum atomic E-state index is 11.7. The number of anilines is 1. The first-order valence-electron chi connectivity index (χ1n) is 6.07. The Hall–Kier alpha value is -2.30. The van der Waals surface area contributed by atoms with E-state index in [-0.39, 0.29) is 18.6 Å². The lowest BCUT2D eigenvalue weighted by atomic mass is 10.1. The number of hydrogen-bond acceptors (Lipinski definition) is 3. The first-order valence-corrected chi connectivity index (χ1v) is 6.07. The van der Waals surface area contributed by atoms with Crippen LogP contribution in [-0.4, -0.2) is 31.7 Å². The van der Waals surface area contributed by atoms with E-state index >= 15 is 0 Å². The van der Waals surface area contributed by atoms with Crippen molar-refractivity contribution in [1.29, 1.82) is 0 Å². The van der Waals surface area contributed by atoms with Gasteiger partial charge in [0.2, 0.25) is 0 Å². The number of benzene rings is 1. The van der Waals surface area contributed by atoms with Gasteiger partial charge in [0, 0.05) is 18.8 Å². The van der Waals surface area contributed by atoms with Crippen LogP contribution in [0.1, 0.15) is 15.9 Å². The zero-order chi connectivity index (χ0) is 13.8. The van der Waals surface area contributed by atoms with E-state index in [1.807, 2.05) is 6.92 Å². The highest BCUT2D eigenvalue weighted by molar-refractivity contribution is 5.96. The number of urea groups is 1. The molecule has 0 saturated carbocycles. The van der Waals surface area contributed by atoms with E-state index in [0.29, 0.717) is 18.7 Å². The van der Waals surface area contributed by atoms with E-state index in [2.05, 4.69) is 11.9 Å². The summed E-state index contributed by atoms with van der Waals surface area (Å²) < 4.78 is 4.97. The molecule has 2 rings (SSSR count). The predicted octanol–water partition coefficient (Wildman–Crippen LogP) is 1.87. The largest absolute Gasteiger partial charge is 0.458 e. The molecule has 1 aliphatic heterocycles. The van der Waals surface area contributed by atoms with E-state index in [0.717, 1.165) is 11.3 Å². The lowest BCUT2D eigenvalue weighted by molar-refractivity contribution is 0.0549. The molecule has 0 aliphatic carbocycles. The van der Waals surface area contributed by atoms with Crippen molar-refractivity contribution in [2.75, 3.05) is 24.6 Å². The predicted molar refractivity (Wildman–Crippen MR) is 72.4 cm³/mol. The second-order valence-corrected chi connectivity index (χ2v) is 4.27. The molecule has 5 heteroatoms. The van der Waals surface area contributed by atoms with Crippen molar-refractivity contribution in [3.05, 3.63) is 42.0 Å². The average Bonchev–Trinajstić information content (AvgIpc) is 2.82. The Bertz CT molecular complexity index is 525. The molecule has 0 spiro atoms. The number of rotatable bonds is 4. The summed E-state index contributed by atoms with van der Waals surface area (Å²) in [6, 6.07) is 5.06. The summed E-state index contributed by atoms with van der Waals surface area (Å²) in [6.45, 7) is 6.82. The van der Waals surface area contributed by atoms with Gasteiger partial charge in [0.25, 0.3) is 0 Å². The summed E-state index contributed by atoms with van der Waals surface area (Å²) in [4.78, 5) is 24.9. The zero-order valence-electron chi connectivity index (χ0n) is 10.8. The molecule has 19 heavy (non-hydrogen) atoms. The van der Waals surface area contributed by atoms with Crippen LogP contribution in [-0.2, 0) is 4.74 Å². The van der Waals surface area contributed by atoms with Gasteiger partial charge in [-0.1, -0.05) is 12.7 Å². The fourth-order valence-electron chi connectivity index (χ4n) is 2.00. The molecule has 1 saturated heterocycles. The molecule has 0 atom stereocenters. The van der Waals surface area contributed by atoms with Crippen molar-refractivity contribution in [1.82, 2.24) is 5.32 Å². The fourth-order valence-corrected chi connectivity index (χ4v) is 2.00. The minimum absolute atomic E-state index is 0.106. The highest BCUT2D eigenvalue weighted by Crippen LogP contribution is 2.23. The summed E-state index contributed by atoms with van der Waals surface area (Å²) in [7, 11) is 0. The number of aryl methyl sites for hydroxylation is 1. The Kier molecular flexibility index (Phi) is 3.85. The summed E-state index contributed by atoms with van der Waals surface area (Å²) in [5, 5.41) is 2.74. The summed E-state index contributed by atoms with van der Waals surface area (Å²) in [5.41, 5.74) is 2.16. The molecule has 0 unspecified atom stereocenters. The Balaban J connectivity index is 2.19. The van der Waals surface area contributed by atoms with Crippen LogP contribution in [0.5, 0.6) is 0 Å². The second-order valence-electron chi connectivity index (χ2n) is 4.27. The van der Waals surface area contributed by atoms with Gasteiger partial charge in [0.1, 0.15) is 6.61 Å². The standard InChI is InChI=1S/C14H16N2O3/c1-3-8-19-13(17)11-4-5-12(10(2)9-11)16-7-6-15-14(16)18/h3-5,9H,1,6-8H2,2H3,(H,15,18). The summed E-state index contributed by atoms with van der Waals surface area (Å²) in [6.07, 6.45) is 1.52. The average molecular weight is 260 g/mol. The van der Waals surface area contributed by atoms with Crippen molar-refractivity contribution in [2.24, 2.45) is 0 Å². The minimum atomic E-state index is -0.388. The van der Waals surface area contributed by atoms with Crippen molar-refractivity contribution in [3.63, 3.8) is 0 Å². The SMILES string of the molecule is C=CCOC(=O)c1ccc(N2CCNC2=O)c(C)c1. The molecule has 1 fully saturated rings. The van der Waals surface area contributed by atoms with E-state index < -0.39 is 0 Å². The number of nitrogens with zero attached hydrogens (tertiary/aromatic N) is 1. The maximum Gasteiger partial charge on any atom is 0.338 e. The van der Waals surface area contributed by atoms with E-state index in [9.17, 15) is 9.59 Å². The second kappa shape index (κ2) is 5.56. The van der Waals surface area contributed by atoms with Gasteiger partial charge in [0.15, 0.2) is 0 Å². The van der Waals surface area contributed by atoms with E-state index in [1.54, 1.807) is 23.1 Å². The maximum absolute atomic E-state index is 11.7. The number of hydrogen-bond donors (Lipinski definition) is 1. The third-order valence-electron chi connectivity index (χ3n) is 2.91. The smallest absolute Gasteiger partial charge is 0.338 e. The molecular formula is C14H16N2O3. The first-order chi connectivity index (χ1) is 9.13. The van der Waals surface area contributed by atoms with E-state index in [4.69, 9.17) is 4.74 Å². The molecule has 2 amide bonds. The van der Waals surface area contributed by atoms with Crippen molar-refractivity contribution in [3.8, 4) is 0 Å².